The zero-order chi connectivity index (χ0) is 12.3. The number of aryl methyl sites for hydroxylation is 1. The van der Waals surface area contributed by atoms with Gasteiger partial charge >= 0.3 is 0 Å². The van der Waals surface area contributed by atoms with Crippen molar-refractivity contribution in [3.05, 3.63) is 29.3 Å². The van der Waals surface area contributed by atoms with Gasteiger partial charge in [-0.2, -0.15) is 5.26 Å². The Morgan fingerprint density at radius 3 is 2.56 bits per heavy atom. The summed E-state index contributed by atoms with van der Waals surface area (Å²) in [5, 5.41) is 9.08. The van der Waals surface area contributed by atoms with Crippen LogP contribution in [0.5, 0.6) is 0 Å². The Bertz CT molecular complexity index is 457. The molecule has 0 radical (unpaired) electrons. The molecule has 0 heterocycles. The van der Waals surface area contributed by atoms with E-state index in [9.17, 15) is 4.21 Å². The summed E-state index contributed by atoms with van der Waals surface area (Å²) >= 11 is 0. The summed E-state index contributed by atoms with van der Waals surface area (Å²) in [6.07, 6.45) is 0. The first-order valence-electron chi connectivity index (χ1n) is 5.33. The number of rotatable bonds is 3. The number of hydrogen-bond donors (Lipinski definition) is 0. The van der Waals surface area contributed by atoms with Crippen LogP contribution < -0.4 is 0 Å². The Labute approximate surface area is 99.8 Å². The molecule has 1 aromatic carbocycles. The Morgan fingerprint density at radius 1 is 1.44 bits per heavy atom. The Morgan fingerprint density at radius 2 is 2.06 bits per heavy atom. The molecule has 0 aliphatic carbocycles. The van der Waals surface area contributed by atoms with Crippen LogP contribution in [0.3, 0.4) is 0 Å². The average Bonchev–Trinajstić information content (AvgIpc) is 2.28. The Balaban J connectivity index is 3.29. The minimum absolute atomic E-state index is 0.527. The van der Waals surface area contributed by atoms with E-state index in [0.717, 1.165) is 16.0 Å². The van der Waals surface area contributed by atoms with Crippen molar-refractivity contribution in [2.75, 3.05) is 5.75 Å². The molecule has 0 saturated carbocycles. The lowest BCUT2D eigenvalue weighted by Gasteiger charge is -2.17. The summed E-state index contributed by atoms with van der Waals surface area (Å²) in [5.41, 5.74) is 1.43. The van der Waals surface area contributed by atoms with Crippen LogP contribution in [0.15, 0.2) is 23.1 Å². The molecule has 0 aliphatic rings. The van der Waals surface area contributed by atoms with Crippen LogP contribution in [-0.4, -0.2) is 9.96 Å². The van der Waals surface area contributed by atoms with Gasteiger partial charge in [0.25, 0.3) is 0 Å². The maximum Gasteiger partial charge on any atom is 0.0766 e. The van der Waals surface area contributed by atoms with Crippen molar-refractivity contribution in [2.45, 2.75) is 38.0 Å². The zero-order valence-electron chi connectivity index (χ0n) is 10.2. The van der Waals surface area contributed by atoms with Crippen molar-refractivity contribution in [1.29, 1.82) is 5.26 Å². The van der Waals surface area contributed by atoms with Crippen LogP contribution in [-0.2, 0) is 16.2 Å². The number of hydrogen-bond acceptors (Lipinski definition) is 2. The van der Waals surface area contributed by atoms with Crippen LogP contribution in [0, 0.1) is 18.3 Å². The van der Waals surface area contributed by atoms with E-state index in [1.165, 1.54) is 0 Å². The average molecular weight is 235 g/mol. The fourth-order valence-corrected chi connectivity index (χ4v) is 2.45. The lowest BCUT2D eigenvalue weighted by Crippen LogP contribution is -2.14. The molecule has 0 fully saturated rings. The highest BCUT2D eigenvalue weighted by atomic mass is 32.2. The second kappa shape index (κ2) is 4.80. The van der Waals surface area contributed by atoms with E-state index in [0.29, 0.717) is 5.75 Å². The molecule has 1 unspecified atom stereocenters. The van der Waals surface area contributed by atoms with Gasteiger partial charge < -0.3 is 0 Å². The van der Waals surface area contributed by atoms with E-state index >= 15 is 0 Å². The molecule has 0 aromatic heterocycles. The van der Waals surface area contributed by atoms with Crippen LogP contribution >= 0.6 is 0 Å². The predicted octanol–water partition coefficient (Wildman–Crippen LogP) is 2.92. The van der Waals surface area contributed by atoms with Gasteiger partial charge in [0.2, 0.25) is 0 Å². The first kappa shape index (κ1) is 12.9. The topological polar surface area (TPSA) is 40.9 Å². The summed E-state index contributed by atoms with van der Waals surface area (Å²) in [4.78, 5) is 0.850. The molecule has 0 bridgehead atoms. The molecule has 0 aliphatic heterocycles. The predicted molar refractivity (Wildman–Crippen MR) is 66.8 cm³/mol. The molecule has 0 amide bonds. The number of nitriles is 1. The van der Waals surface area contributed by atoms with Crippen molar-refractivity contribution in [1.82, 2.24) is 0 Å². The molecule has 86 valence electrons. The molecular weight excluding hydrogens is 218 g/mol. The Hall–Kier alpha value is -1.14. The molecule has 1 atom stereocenters. The van der Waals surface area contributed by atoms with Gasteiger partial charge in [-0.25, -0.2) is 0 Å². The minimum Gasteiger partial charge on any atom is -0.254 e. The zero-order valence-corrected chi connectivity index (χ0v) is 11.0. The van der Waals surface area contributed by atoms with Gasteiger partial charge in [-0.05, 0) is 38.0 Å². The van der Waals surface area contributed by atoms with Gasteiger partial charge in [-0.1, -0.05) is 19.1 Å². The van der Waals surface area contributed by atoms with Crippen molar-refractivity contribution >= 4 is 10.8 Å². The van der Waals surface area contributed by atoms with Crippen LogP contribution in [0.4, 0.5) is 0 Å². The smallest absolute Gasteiger partial charge is 0.0766 e. The van der Waals surface area contributed by atoms with E-state index in [-0.39, 0.29) is 0 Å². The standard InChI is InChI=1S/C13H17NOS/c1-5-16(15)12-8-11(7-6-10(12)2)13(3,4)9-14/h6-8H,5H2,1-4H3. The van der Waals surface area contributed by atoms with Crippen LogP contribution in [0.25, 0.3) is 0 Å². The van der Waals surface area contributed by atoms with E-state index in [2.05, 4.69) is 6.07 Å². The van der Waals surface area contributed by atoms with Crippen LogP contribution in [0.1, 0.15) is 31.9 Å². The summed E-state index contributed by atoms with van der Waals surface area (Å²) < 4.78 is 11.8. The highest BCUT2D eigenvalue weighted by molar-refractivity contribution is 7.85. The molecule has 0 saturated heterocycles. The molecule has 3 heteroatoms. The molecule has 16 heavy (non-hydrogen) atoms. The highest BCUT2D eigenvalue weighted by Gasteiger charge is 2.21. The van der Waals surface area contributed by atoms with Gasteiger partial charge in [0.1, 0.15) is 0 Å². The monoisotopic (exact) mass is 235 g/mol. The summed E-state index contributed by atoms with van der Waals surface area (Å²) in [7, 11) is -0.958. The molecule has 2 nitrogen and oxygen atoms in total. The van der Waals surface area contributed by atoms with Crippen molar-refractivity contribution in [3.63, 3.8) is 0 Å². The second-order valence-corrected chi connectivity index (χ2v) is 6.06. The molecule has 1 aromatic rings. The first-order valence-corrected chi connectivity index (χ1v) is 6.65. The summed E-state index contributed by atoms with van der Waals surface area (Å²) in [6.45, 7) is 7.59. The van der Waals surface area contributed by atoms with Crippen molar-refractivity contribution in [3.8, 4) is 6.07 Å². The lowest BCUT2D eigenvalue weighted by atomic mass is 9.86. The van der Waals surface area contributed by atoms with Gasteiger partial charge in [0.05, 0.1) is 22.3 Å². The van der Waals surface area contributed by atoms with Gasteiger partial charge in [0.15, 0.2) is 0 Å². The molecule has 1 rings (SSSR count). The van der Waals surface area contributed by atoms with E-state index in [4.69, 9.17) is 5.26 Å². The van der Waals surface area contributed by atoms with Crippen LogP contribution in [0.2, 0.25) is 0 Å². The number of benzene rings is 1. The van der Waals surface area contributed by atoms with Gasteiger partial charge in [-0.15, -0.1) is 0 Å². The van der Waals surface area contributed by atoms with E-state index in [1.54, 1.807) is 0 Å². The quantitative estimate of drug-likeness (QED) is 0.808. The third-order valence-electron chi connectivity index (χ3n) is 2.70. The Kier molecular flexibility index (Phi) is 3.88. The fourth-order valence-electron chi connectivity index (χ4n) is 1.45. The third kappa shape index (κ3) is 2.51. The van der Waals surface area contributed by atoms with Gasteiger partial charge in [-0.3, -0.25) is 4.21 Å². The number of nitrogens with zero attached hydrogens (tertiary/aromatic N) is 1. The largest absolute Gasteiger partial charge is 0.254 e. The summed E-state index contributed by atoms with van der Waals surface area (Å²) in [6, 6.07) is 8.04. The van der Waals surface area contributed by atoms with E-state index < -0.39 is 16.2 Å². The molecule has 0 spiro atoms. The first-order chi connectivity index (χ1) is 7.42. The normalized spacial score (nSPS) is 13.2. The third-order valence-corrected chi connectivity index (χ3v) is 4.15. The second-order valence-electron chi connectivity index (χ2n) is 4.35. The van der Waals surface area contributed by atoms with Crippen molar-refractivity contribution in [2.24, 2.45) is 0 Å². The maximum atomic E-state index is 11.8. The molecule has 0 N–H and O–H groups in total. The van der Waals surface area contributed by atoms with Gasteiger partial charge in [0, 0.05) is 10.6 Å². The van der Waals surface area contributed by atoms with Crippen molar-refractivity contribution < 1.29 is 4.21 Å². The molecular formula is C13H17NOS. The maximum absolute atomic E-state index is 11.8. The fraction of sp³-hybridized carbons (Fsp3) is 0.462. The summed E-state index contributed by atoms with van der Waals surface area (Å²) in [5.74, 6) is 0.608. The minimum atomic E-state index is -0.958. The SMILES string of the molecule is CCS(=O)c1cc(C(C)(C)C#N)ccc1C. The van der Waals surface area contributed by atoms with E-state index in [1.807, 2.05) is 45.9 Å². The lowest BCUT2D eigenvalue weighted by molar-refractivity contribution is 0.676. The highest BCUT2D eigenvalue weighted by Crippen LogP contribution is 2.25.